The molecule has 29 heavy (non-hydrogen) atoms. The maximum absolute atomic E-state index is 13.1. The molecule has 0 saturated heterocycles. The molecule has 0 bridgehead atoms. The Kier molecular flexibility index (Phi) is 6.52. The van der Waals surface area contributed by atoms with Gasteiger partial charge in [-0.25, -0.2) is 4.98 Å². The summed E-state index contributed by atoms with van der Waals surface area (Å²) in [6.45, 7) is 4.36. The first-order valence-electron chi connectivity index (χ1n) is 9.31. The number of alkyl halides is 3. The third kappa shape index (κ3) is 5.32. The van der Waals surface area contributed by atoms with Gasteiger partial charge in [0.1, 0.15) is 0 Å². The molecule has 0 spiro atoms. The molecule has 1 unspecified atom stereocenters. The topological polar surface area (TPSA) is 46.9 Å². The Hall–Kier alpha value is -2.48. The molecule has 1 N–H and O–H groups in total. The van der Waals surface area contributed by atoms with Crippen molar-refractivity contribution in [1.29, 1.82) is 0 Å². The molecule has 1 amide bonds. The number of halogens is 3. The van der Waals surface area contributed by atoms with Crippen LogP contribution in [0.25, 0.3) is 11.0 Å². The van der Waals surface area contributed by atoms with Gasteiger partial charge in [0.05, 0.1) is 28.9 Å². The van der Waals surface area contributed by atoms with Crippen LogP contribution in [-0.2, 0) is 17.5 Å². The van der Waals surface area contributed by atoms with Gasteiger partial charge in [0, 0.05) is 6.04 Å². The molecule has 3 rings (SSSR count). The molecular formula is C21H22F3N3OS. The Labute approximate surface area is 171 Å². The van der Waals surface area contributed by atoms with Gasteiger partial charge in [-0.1, -0.05) is 49.0 Å². The van der Waals surface area contributed by atoms with Crippen LogP contribution in [0.15, 0.2) is 53.7 Å². The summed E-state index contributed by atoms with van der Waals surface area (Å²) in [5.74, 6) is 0.0211. The van der Waals surface area contributed by atoms with E-state index in [-0.39, 0.29) is 23.2 Å². The van der Waals surface area contributed by atoms with Crippen LogP contribution in [0.5, 0.6) is 0 Å². The van der Waals surface area contributed by atoms with Crippen LogP contribution in [0.4, 0.5) is 13.2 Å². The molecule has 8 heteroatoms. The highest BCUT2D eigenvalue weighted by Gasteiger charge is 2.31. The maximum atomic E-state index is 13.1. The van der Waals surface area contributed by atoms with E-state index in [1.54, 1.807) is 0 Å². The van der Waals surface area contributed by atoms with Crippen LogP contribution in [0.2, 0.25) is 0 Å². The number of hydrogen-bond donors (Lipinski definition) is 1. The first-order chi connectivity index (χ1) is 13.8. The van der Waals surface area contributed by atoms with E-state index >= 15 is 0 Å². The van der Waals surface area contributed by atoms with Gasteiger partial charge >= 0.3 is 6.18 Å². The summed E-state index contributed by atoms with van der Waals surface area (Å²) in [4.78, 5) is 16.5. The quantitative estimate of drug-likeness (QED) is 0.539. The Balaban J connectivity index is 1.93. The molecule has 0 radical (unpaired) electrons. The Morgan fingerprint density at radius 1 is 1.21 bits per heavy atom. The Morgan fingerprint density at radius 2 is 1.93 bits per heavy atom. The number of carbonyl (C=O) groups is 1. The second-order valence-electron chi connectivity index (χ2n) is 6.83. The van der Waals surface area contributed by atoms with Gasteiger partial charge in [-0.3, -0.25) is 4.79 Å². The van der Waals surface area contributed by atoms with Crippen LogP contribution < -0.4 is 5.32 Å². The molecule has 0 aliphatic heterocycles. The molecular weight excluding hydrogens is 399 g/mol. The number of amides is 1. The molecule has 0 aliphatic carbocycles. The van der Waals surface area contributed by atoms with E-state index in [0.717, 1.165) is 24.1 Å². The standard InChI is InChI=1S/C21H22F3N3OS/c1-3-14(2)25-19(28)13-29-20-26-17-11-16(21(22,23)24)9-10-18(17)27(20)12-15-7-5-4-6-8-15/h4-11,14H,3,12-13H2,1-2H3,(H,25,28). The lowest BCUT2D eigenvalue weighted by molar-refractivity contribution is -0.137. The highest BCUT2D eigenvalue weighted by molar-refractivity contribution is 7.99. The number of hydrogen-bond acceptors (Lipinski definition) is 3. The van der Waals surface area contributed by atoms with E-state index in [0.29, 0.717) is 17.2 Å². The van der Waals surface area contributed by atoms with Gasteiger partial charge in [-0.05, 0) is 37.1 Å². The fraction of sp³-hybridized carbons (Fsp3) is 0.333. The van der Waals surface area contributed by atoms with Crippen LogP contribution in [0.1, 0.15) is 31.4 Å². The number of benzene rings is 2. The summed E-state index contributed by atoms with van der Waals surface area (Å²) in [7, 11) is 0. The van der Waals surface area contributed by atoms with Crippen molar-refractivity contribution in [3.05, 3.63) is 59.7 Å². The molecule has 0 fully saturated rings. The van der Waals surface area contributed by atoms with Crippen LogP contribution in [-0.4, -0.2) is 27.3 Å². The van der Waals surface area contributed by atoms with Crippen molar-refractivity contribution < 1.29 is 18.0 Å². The van der Waals surface area contributed by atoms with Crippen molar-refractivity contribution >= 4 is 28.7 Å². The number of rotatable bonds is 7. The zero-order chi connectivity index (χ0) is 21.0. The predicted octanol–water partition coefficient (Wildman–Crippen LogP) is 5.11. The third-order valence-corrected chi connectivity index (χ3v) is 5.55. The minimum Gasteiger partial charge on any atom is -0.353 e. The van der Waals surface area contributed by atoms with Crippen molar-refractivity contribution in [2.45, 2.75) is 44.2 Å². The van der Waals surface area contributed by atoms with Crippen LogP contribution >= 0.6 is 11.8 Å². The molecule has 0 saturated carbocycles. The molecule has 4 nitrogen and oxygen atoms in total. The van der Waals surface area contributed by atoms with Crippen molar-refractivity contribution in [2.75, 3.05) is 5.75 Å². The lowest BCUT2D eigenvalue weighted by Gasteiger charge is -2.12. The van der Waals surface area contributed by atoms with Gasteiger partial charge in [0.15, 0.2) is 5.16 Å². The molecule has 3 aromatic rings. The highest BCUT2D eigenvalue weighted by atomic mass is 32.2. The zero-order valence-corrected chi connectivity index (χ0v) is 17.0. The smallest absolute Gasteiger partial charge is 0.353 e. The Morgan fingerprint density at radius 3 is 2.59 bits per heavy atom. The van der Waals surface area contributed by atoms with E-state index in [4.69, 9.17) is 0 Å². The summed E-state index contributed by atoms with van der Waals surface area (Å²) in [6, 6.07) is 13.2. The van der Waals surface area contributed by atoms with Crippen molar-refractivity contribution in [3.63, 3.8) is 0 Å². The molecule has 1 heterocycles. The molecule has 0 aliphatic rings. The lowest BCUT2D eigenvalue weighted by Crippen LogP contribution is -2.33. The number of carbonyl (C=O) groups excluding carboxylic acids is 1. The number of nitrogens with zero attached hydrogens (tertiary/aromatic N) is 2. The van der Waals surface area contributed by atoms with E-state index in [1.807, 2.05) is 48.7 Å². The highest BCUT2D eigenvalue weighted by Crippen LogP contribution is 2.33. The second kappa shape index (κ2) is 8.90. The first-order valence-corrected chi connectivity index (χ1v) is 10.3. The van der Waals surface area contributed by atoms with Gasteiger partial charge in [0.2, 0.25) is 5.91 Å². The lowest BCUT2D eigenvalue weighted by atomic mass is 10.2. The summed E-state index contributed by atoms with van der Waals surface area (Å²) in [5, 5.41) is 3.40. The monoisotopic (exact) mass is 421 g/mol. The van der Waals surface area contributed by atoms with Crippen molar-refractivity contribution in [2.24, 2.45) is 0 Å². The van der Waals surface area contributed by atoms with Crippen molar-refractivity contribution in [3.8, 4) is 0 Å². The van der Waals surface area contributed by atoms with Gasteiger partial charge in [0.25, 0.3) is 0 Å². The van der Waals surface area contributed by atoms with E-state index < -0.39 is 11.7 Å². The summed E-state index contributed by atoms with van der Waals surface area (Å²) >= 11 is 1.22. The molecule has 154 valence electrons. The number of thioether (sulfide) groups is 1. The van der Waals surface area contributed by atoms with Crippen LogP contribution in [0, 0.1) is 0 Å². The average molecular weight is 421 g/mol. The molecule has 2 aromatic carbocycles. The summed E-state index contributed by atoms with van der Waals surface area (Å²) in [6.07, 6.45) is -3.61. The van der Waals surface area contributed by atoms with Gasteiger partial charge in [-0.15, -0.1) is 0 Å². The first kappa shape index (κ1) is 21.2. The van der Waals surface area contributed by atoms with Gasteiger partial charge in [-0.2, -0.15) is 13.2 Å². The number of fused-ring (bicyclic) bond motifs is 1. The van der Waals surface area contributed by atoms with Gasteiger partial charge < -0.3 is 9.88 Å². The minimum atomic E-state index is -4.43. The molecule has 1 aromatic heterocycles. The maximum Gasteiger partial charge on any atom is 0.416 e. The number of imidazole rings is 1. The second-order valence-corrected chi connectivity index (χ2v) is 7.78. The zero-order valence-electron chi connectivity index (χ0n) is 16.2. The number of nitrogens with one attached hydrogen (secondary N) is 1. The van der Waals surface area contributed by atoms with E-state index in [1.165, 1.54) is 17.8 Å². The minimum absolute atomic E-state index is 0.0700. The predicted molar refractivity (Wildman–Crippen MR) is 109 cm³/mol. The normalized spacial score (nSPS) is 12.9. The Bertz CT molecular complexity index is 986. The van der Waals surface area contributed by atoms with Crippen molar-refractivity contribution in [1.82, 2.24) is 14.9 Å². The number of aromatic nitrogens is 2. The SMILES string of the molecule is CCC(C)NC(=O)CSc1nc2cc(C(F)(F)F)ccc2n1Cc1ccccc1. The third-order valence-electron chi connectivity index (χ3n) is 4.58. The average Bonchev–Trinajstić information content (AvgIpc) is 3.03. The molecule has 1 atom stereocenters. The van der Waals surface area contributed by atoms with E-state index in [9.17, 15) is 18.0 Å². The summed E-state index contributed by atoms with van der Waals surface area (Å²) in [5.41, 5.74) is 1.13. The van der Waals surface area contributed by atoms with E-state index in [2.05, 4.69) is 10.3 Å². The van der Waals surface area contributed by atoms with Crippen LogP contribution in [0.3, 0.4) is 0 Å². The fourth-order valence-electron chi connectivity index (χ4n) is 2.86. The fourth-order valence-corrected chi connectivity index (χ4v) is 3.69. The largest absolute Gasteiger partial charge is 0.416 e. The summed E-state index contributed by atoms with van der Waals surface area (Å²) < 4.78 is 41.1.